The zero-order valence-electron chi connectivity index (χ0n) is 27.5. The van der Waals surface area contributed by atoms with E-state index in [9.17, 15) is 19.5 Å². The number of nitrogens with zero attached hydrogens (tertiary/aromatic N) is 1. The van der Waals surface area contributed by atoms with Gasteiger partial charge in [-0.15, -0.1) is 11.8 Å². The van der Waals surface area contributed by atoms with Crippen molar-refractivity contribution in [1.82, 2.24) is 10.3 Å². The van der Waals surface area contributed by atoms with Crippen LogP contribution in [0.5, 0.6) is 17.2 Å². The molecule has 0 saturated carbocycles. The number of ether oxygens (including phenoxy) is 2. The highest BCUT2D eigenvalue weighted by Crippen LogP contribution is 2.38. The molecule has 0 aliphatic heterocycles. The molecule has 1 aromatic heterocycles. The van der Waals surface area contributed by atoms with E-state index >= 15 is 0 Å². The fourth-order valence-electron chi connectivity index (χ4n) is 5.06. The smallest absolute Gasteiger partial charge is 0.272 e. The van der Waals surface area contributed by atoms with Gasteiger partial charge in [0.25, 0.3) is 11.8 Å². The van der Waals surface area contributed by atoms with Gasteiger partial charge >= 0.3 is 0 Å². The molecule has 0 saturated heterocycles. The van der Waals surface area contributed by atoms with Gasteiger partial charge in [-0.05, 0) is 72.3 Å². The molecule has 0 aliphatic carbocycles. The van der Waals surface area contributed by atoms with Gasteiger partial charge in [0.15, 0.2) is 5.13 Å². The number of phenolic OH excluding ortho intramolecular Hbond substituents is 1. The summed E-state index contributed by atoms with van der Waals surface area (Å²) in [6.45, 7) is 0. The lowest BCUT2D eigenvalue weighted by Gasteiger charge is -2.17. The lowest BCUT2D eigenvalue weighted by molar-refractivity contribution is -0.116. The predicted molar refractivity (Wildman–Crippen MR) is 201 cm³/mol. The van der Waals surface area contributed by atoms with Crippen LogP contribution in [0.2, 0.25) is 0 Å². The van der Waals surface area contributed by atoms with Crippen LogP contribution < -0.4 is 25.4 Å². The number of nitrogens with one attached hydrogen (secondary N) is 3. The zero-order valence-corrected chi connectivity index (χ0v) is 29.1. The first-order chi connectivity index (χ1) is 24.8. The number of carbonyl (C=O) groups excluding carboxylic acids is 3. The van der Waals surface area contributed by atoms with Crippen molar-refractivity contribution in [3.8, 4) is 17.2 Å². The number of hydrogen-bond donors (Lipinski definition) is 4. The van der Waals surface area contributed by atoms with Gasteiger partial charge in [0.2, 0.25) is 5.91 Å². The first kappa shape index (κ1) is 34.7. The number of rotatable bonds is 12. The molecule has 1 heterocycles. The van der Waals surface area contributed by atoms with Crippen molar-refractivity contribution < 1.29 is 29.0 Å². The van der Waals surface area contributed by atoms with Crippen LogP contribution in [-0.2, 0) is 9.59 Å². The minimum atomic E-state index is -0.652. The van der Waals surface area contributed by atoms with Gasteiger partial charge in [-0.1, -0.05) is 65.9 Å². The Morgan fingerprint density at radius 1 is 0.824 bits per heavy atom. The summed E-state index contributed by atoms with van der Waals surface area (Å²) in [6.07, 6.45) is 1.47. The largest absolute Gasteiger partial charge is 0.508 e. The van der Waals surface area contributed by atoms with Crippen molar-refractivity contribution in [3.05, 3.63) is 144 Å². The van der Waals surface area contributed by atoms with E-state index < -0.39 is 17.1 Å². The molecule has 4 N–H and O–H groups in total. The fraction of sp³-hybridized carbons (Fsp3) is 0.0769. The highest BCUT2D eigenvalue weighted by Gasteiger charge is 2.24. The van der Waals surface area contributed by atoms with Crippen LogP contribution in [0.25, 0.3) is 16.3 Å². The van der Waals surface area contributed by atoms with Crippen LogP contribution in [0.3, 0.4) is 0 Å². The Bertz CT molecular complexity index is 2220. The molecule has 10 nitrogen and oxygen atoms in total. The molecule has 256 valence electrons. The maximum absolute atomic E-state index is 13.8. The number of phenols is 1. The number of anilines is 2. The Morgan fingerprint density at radius 2 is 1.59 bits per heavy atom. The number of thioether (sulfide) groups is 1. The normalized spacial score (nSPS) is 11.8. The van der Waals surface area contributed by atoms with Gasteiger partial charge in [-0.25, -0.2) is 4.98 Å². The van der Waals surface area contributed by atoms with Crippen molar-refractivity contribution in [2.75, 3.05) is 24.9 Å². The number of hydrogen-bond acceptors (Lipinski definition) is 9. The van der Waals surface area contributed by atoms with Crippen LogP contribution in [0.15, 0.2) is 132 Å². The first-order valence-corrected chi connectivity index (χ1v) is 17.3. The van der Waals surface area contributed by atoms with Crippen molar-refractivity contribution in [1.29, 1.82) is 0 Å². The van der Waals surface area contributed by atoms with Crippen molar-refractivity contribution in [2.24, 2.45) is 0 Å². The van der Waals surface area contributed by atoms with Crippen molar-refractivity contribution in [3.63, 3.8) is 0 Å². The highest BCUT2D eigenvalue weighted by molar-refractivity contribution is 8.00. The van der Waals surface area contributed by atoms with E-state index in [4.69, 9.17) is 9.47 Å². The Kier molecular flexibility index (Phi) is 10.9. The molecule has 0 bridgehead atoms. The topological polar surface area (TPSA) is 139 Å². The molecule has 3 amide bonds. The number of fused-ring (bicyclic) bond motifs is 1. The van der Waals surface area contributed by atoms with Crippen molar-refractivity contribution in [2.45, 2.75) is 10.1 Å². The molecule has 6 aromatic rings. The van der Waals surface area contributed by atoms with Crippen LogP contribution in [0.1, 0.15) is 26.7 Å². The zero-order chi connectivity index (χ0) is 35.7. The van der Waals surface area contributed by atoms with Crippen molar-refractivity contribution >= 4 is 67.9 Å². The Morgan fingerprint density at radius 3 is 2.33 bits per heavy atom. The van der Waals surface area contributed by atoms with E-state index in [0.29, 0.717) is 38.3 Å². The minimum absolute atomic E-state index is 0.0131. The van der Waals surface area contributed by atoms with E-state index in [1.54, 1.807) is 61.7 Å². The molecule has 0 fully saturated rings. The Hall–Kier alpha value is -6.11. The molecular weight excluding hydrogens is 685 g/mol. The summed E-state index contributed by atoms with van der Waals surface area (Å²) >= 11 is 2.67. The van der Waals surface area contributed by atoms with E-state index in [1.807, 2.05) is 54.6 Å². The van der Waals surface area contributed by atoms with Gasteiger partial charge in [0.1, 0.15) is 28.2 Å². The maximum Gasteiger partial charge on any atom is 0.272 e. The Balaban J connectivity index is 1.24. The average Bonchev–Trinajstić information content (AvgIpc) is 3.56. The van der Waals surface area contributed by atoms with Crippen LogP contribution in [-0.4, -0.2) is 42.0 Å². The average molecular weight is 717 g/mol. The van der Waals surface area contributed by atoms with Gasteiger partial charge in [-0.2, -0.15) is 0 Å². The number of amides is 3. The number of benzene rings is 5. The second kappa shape index (κ2) is 16.1. The summed E-state index contributed by atoms with van der Waals surface area (Å²) in [5.41, 5.74) is 2.75. The Labute approximate surface area is 302 Å². The van der Waals surface area contributed by atoms with Crippen LogP contribution >= 0.6 is 23.1 Å². The summed E-state index contributed by atoms with van der Waals surface area (Å²) in [4.78, 5) is 46.0. The summed E-state index contributed by atoms with van der Waals surface area (Å²) < 4.78 is 11.6. The summed E-state index contributed by atoms with van der Waals surface area (Å²) in [5.74, 6) is -0.341. The van der Waals surface area contributed by atoms with E-state index in [2.05, 4.69) is 20.9 Å². The molecular formula is C39H32N4O6S2. The highest BCUT2D eigenvalue weighted by atomic mass is 32.2. The molecule has 0 spiro atoms. The second-order valence-corrected chi connectivity index (χ2v) is 13.2. The number of aromatic nitrogens is 1. The molecule has 0 radical (unpaired) electrons. The third-order valence-corrected chi connectivity index (χ3v) is 9.74. The maximum atomic E-state index is 13.8. The molecule has 6 rings (SSSR count). The number of aromatic hydroxyl groups is 1. The predicted octanol–water partition coefficient (Wildman–Crippen LogP) is 7.90. The third-order valence-electron chi connectivity index (χ3n) is 7.56. The van der Waals surface area contributed by atoms with Gasteiger partial charge in [0.05, 0.1) is 24.4 Å². The standard InChI is InChI=1S/C39H32N4O6S2/c1-48-29-18-19-31-34(23-29)51-39(42-31)43-38(47)35(24-10-5-3-6-11-24)50-30-15-9-14-27(21-30)40-37(46)32(41-36(45)25-12-7-4-8-13-25)20-26-16-17-28(44)22-33(26)49-2/h3-23,35,44H,1-2H3,(H,40,46)(H,41,45)(H,42,43,47)/b32-20+. The third kappa shape index (κ3) is 8.74. The monoisotopic (exact) mass is 716 g/mol. The molecule has 1 unspecified atom stereocenters. The van der Waals surface area contributed by atoms with Gasteiger partial charge < -0.3 is 30.5 Å². The molecule has 5 aromatic carbocycles. The summed E-state index contributed by atoms with van der Waals surface area (Å²) in [7, 11) is 3.04. The summed E-state index contributed by atoms with van der Waals surface area (Å²) in [6, 6.07) is 35.0. The molecule has 12 heteroatoms. The SMILES string of the molecule is COc1ccc2nc(NC(=O)C(Sc3cccc(NC(=O)/C(=C\c4ccc(O)cc4OC)NC(=O)c4ccccc4)c3)c3ccccc3)sc2c1. The summed E-state index contributed by atoms with van der Waals surface area (Å²) in [5, 5.41) is 18.3. The van der Waals surface area contributed by atoms with Crippen LogP contribution in [0.4, 0.5) is 10.8 Å². The lowest BCUT2D eigenvalue weighted by atomic mass is 10.1. The number of thiazole rings is 1. The van der Waals surface area contributed by atoms with E-state index in [-0.39, 0.29) is 17.4 Å². The number of methoxy groups -OCH3 is 2. The minimum Gasteiger partial charge on any atom is -0.508 e. The lowest BCUT2D eigenvalue weighted by Crippen LogP contribution is -2.30. The van der Waals surface area contributed by atoms with Crippen LogP contribution in [0, 0.1) is 0 Å². The molecule has 0 aliphatic rings. The van der Waals surface area contributed by atoms with E-state index in [0.717, 1.165) is 15.8 Å². The molecule has 1 atom stereocenters. The second-order valence-electron chi connectivity index (χ2n) is 11.0. The van der Waals surface area contributed by atoms with Gasteiger partial charge in [-0.3, -0.25) is 14.4 Å². The van der Waals surface area contributed by atoms with E-state index in [1.165, 1.54) is 48.4 Å². The first-order valence-electron chi connectivity index (χ1n) is 15.6. The fourth-order valence-corrected chi connectivity index (χ4v) is 7.04. The number of carbonyl (C=O) groups is 3. The van der Waals surface area contributed by atoms with Gasteiger partial charge in [0, 0.05) is 27.8 Å². The quantitative estimate of drug-likeness (QED) is 0.0741. The molecule has 51 heavy (non-hydrogen) atoms.